The van der Waals surface area contributed by atoms with Gasteiger partial charge in [-0.3, -0.25) is 0 Å². The molecule has 0 aliphatic carbocycles. The van der Waals surface area contributed by atoms with E-state index in [0.29, 0.717) is 0 Å². The Morgan fingerprint density at radius 2 is 1.38 bits per heavy atom. The van der Waals surface area contributed by atoms with Crippen molar-refractivity contribution in [2.45, 2.75) is 6.92 Å². The Bertz CT molecular complexity index is 1700. The average Bonchev–Trinajstić information content (AvgIpc) is 3.25. The third-order valence-electron chi connectivity index (χ3n) is 6.68. The number of allylic oxidation sites excluding steroid dienone is 2. The molecule has 0 bridgehead atoms. The van der Waals surface area contributed by atoms with Crippen LogP contribution in [0.15, 0.2) is 115 Å². The molecule has 6 aromatic rings. The molecular weight excluding hydrogens is 412 g/mol. The fourth-order valence-corrected chi connectivity index (χ4v) is 5.00. The average molecular weight is 437 g/mol. The van der Waals surface area contributed by atoms with E-state index in [9.17, 15) is 0 Å². The first-order chi connectivity index (χ1) is 16.8. The first-order valence-corrected chi connectivity index (χ1v) is 11.6. The molecule has 162 valence electrons. The smallest absolute Gasteiger partial charge is 0.0619 e. The van der Waals surface area contributed by atoms with Crippen LogP contribution in [0.1, 0.15) is 12.5 Å². The summed E-state index contributed by atoms with van der Waals surface area (Å²) in [5, 5.41) is 12.6. The number of aromatic nitrogens is 1. The molecule has 0 spiro atoms. The van der Waals surface area contributed by atoms with Gasteiger partial charge in [0.15, 0.2) is 0 Å². The number of nitrogens with zero attached hydrogens (tertiary/aromatic N) is 1. The molecule has 0 radical (unpaired) electrons. The zero-order valence-electron chi connectivity index (χ0n) is 19.0. The number of para-hydroxylation sites is 2. The van der Waals surface area contributed by atoms with E-state index in [-0.39, 0.29) is 0 Å². The zero-order valence-corrected chi connectivity index (χ0v) is 19.0. The summed E-state index contributed by atoms with van der Waals surface area (Å²) in [6.07, 6.45) is 3.37. The lowest BCUT2D eigenvalue weighted by Gasteiger charge is -2.11. The molecule has 2 nitrogen and oxygen atoms in total. The van der Waals surface area contributed by atoms with Crippen molar-refractivity contribution in [1.82, 2.24) is 4.57 Å². The molecule has 0 atom stereocenters. The Hall–Kier alpha value is -4.43. The zero-order chi connectivity index (χ0) is 23.1. The molecule has 0 fully saturated rings. The molecule has 0 aliphatic rings. The molecule has 2 heteroatoms. The highest BCUT2D eigenvalue weighted by Crippen LogP contribution is 2.37. The molecule has 1 heterocycles. The third-order valence-corrected chi connectivity index (χ3v) is 6.68. The fraction of sp³-hybridized carbons (Fsp3) is 0.0312. The minimum Gasteiger partial charge on any atom is -0.309 e. The lowest BCUT2D eigenvalue weighted by atomic mass is 9.97. The van der Waals surface area contributed by atoms with Gasteiger partial charge in [0.2, 0.25) is 0 Å². The van der Waals surface area contributed by atoms with Gasteiger partial charge in [0.1, 0.15) is 0 Å². The Morgan fingerprint density at radius 1 is 0.676 bits per heavy atom. The van der Waals surface area contributed by atoms with Gasteiger partial charge in [-0.05, 0) is 58.8 Å². The van der Waals surface area contributed by atoms with Crippen molar-refractivity contribution >= 4 is 44.4 Å². The second kappa shape index (κ2) is 8.17. The van der Waals surface area contributed by atoms with E-state index < -0.39 is 0 Å². The van der Waals surface area contributed by atoms with Crippen molar-refractivity contribution < 1.29 is 0 Å². The maximum atomic E-state index is 7.60. The van der Waals surface area contributed by atoms with Crippen LogP contribution in [0.25, 0.3) is 55.0 Å². The number of rotatable bonds is 4. The van der Waals surface area contributed by atoms with Crippen molar-refractivity contribution in [3.63, 3.8) is 0 Å². The Morgan fingerprint density at radius 3 is 2.15 bits per heavy atom. The van der Waals surface area contributed by atoms with Crippen LogP contribution < -0.4 is 0 Å². The Labute approximate surface area is 198 Å². The first-order valence-electron chi connectivity index (χ1n) is 11.6. The van der Waals surface area contributed by atoms with Crippen LogP contribution in [0, 0.1) is 5.41 Å². The molecule has 34 heavy (non-hydrogen) atoms. The molecule has 1 aromatic heterocycles. The van der Waals surface area contributed by atoms with Gasteiger partial charge in [0, 0.05) is 28.1 Å². The van der Waals surface area contributed by atoms with Crippen LogP contribution in [-0.2, 0) is 0 Å². The normalized spacial score (nSPS) is 12.0. The number of fused-ring (bicyclic) bond motifs is 5. The molecule has 0 amide bonds. The van der Waals surface area contributed by atoms with Gasteiger partial charge in [-0.2, -0.15) is 0 Å². The second-order valence-corrected chi connectivity index (χ2v) is 8.55. The number of benzene rings is 5. The van der Waals surface area contributed by atoms with Crippen LogP contribution in [0.2, 0.25) is 0 Å². The number of nitrogens with one attached hydrogen (secondary N) is 1. The molecular formula is C32H24N2. The molecule has 1 N–H and O–H groups in total. The molecule has 0 unspecified atom stereocenters. The fourth-order valence-electron chi connectivity index (χ4n) is 5.00. The summed E-state index contributed by atoms with van der Waals surface area (Å²) in [6.45, 7) is 1.97. The van der Waals surface area contributed by atoms with E-state index in [1.807, 2.05) is 13.0 Å². The summed E-state index contributed by atoms with van der Waals surface area (Å²) in [7, 11) is 0. The van der Waals surface area contributed by atoms with Gasteiger partial charge in [-0.25, -0.2) is 0 Å². The summed E-state index contributed by atoms with van der Waals surface area (Å²) in [5.41, 5.74) is 8.01. The molecule has 5 aromatic carbocycles. The molecule has 0 saturated carbocycles. The van der Waals surface area contributed by atoms with Crippen molar-refractivity contribution in [3.05, 3.63) is 121 Å². The van der Waals surface area contributed by atoms with Gasteiger partial charge >= 0.3 is 0 Å². The summed E-state index contributed by atoms with van der Waals surface area (Å²) in [6, 6.07) is 39.0. The highest BCUT2D eigenvalue weighted by molar-refractivity contribution is 6.19. The van der Waals surface area contributed by atoms with E-state index in [4.69, 9.17) is 5.41 Å². The molecule has 6 rings (SSSR count). The predicted molar refractivity (Wildman–Crippen MR) is 146 cm³/mol. The maximum Gasteiger partial charge on any atom is 0.0619 e. The minimum atomic E-state index is 0.932. The molecule has 0 saturated heterocycles. The van der Waals surface area contributed by atoms with Crippen molar-refractivity contribution in [1.29, 1.82) is 5.41 Å². The second-order valence-electron chi connectivity index (χ2n) is 8.55. The van der Waals surface area contributed by atoms with E-state index in [2.05, 4.69) is 114 Å². The highest BCUT2D eigenvalue weighted by atomic mass is 15.0. The van der Waals surface area contributed by atoms with Gasteiger partial charge in [-0.15, -0.1) is 0 Å². The van der Waals surface area contributed by atoms with E-state index in [0.717, 1.165) is 11.1 Å². The Kier molecular flexibility index (Phi) is 4.85. The van der Waals surface area contributed by atoms with Crippen LogP contribution >= 0.6 is 0 Å². The standard InChI is InChI=1S/C32H24N2/c1-2-22(21-33)23-12-14-24(15-13-23)25-16-18-28-26(20-25)17-19-30-29-10-6-7-11-31(29)34(32(28)30)27-8-4-3-5-9-27/h2-21,33H,1H3/b22-2+,33-21?. The summed E-state index contributed by atoms with van der Waals surface area (Å²) in [5.74, 6) is 0. The lowest BCUT2D eigenvalue weighted by molar-refractivity contribution is 1.19. The van der Waals surface area contributed by atoms with Crippen LogP contribution in [-0.4, -0.2) is 10.8 Å². The highest BCUT2D eigenvalue weighted by Gasteiger charge is 2.15. The maximum absolute atomic E-state index is 7.60. The van der Waals surface area contributed by atoms with Gasteiger partial charge < -0.3 is 9.98 Å². The summed E-state index contributed by atoms with van der Waals surface area (Å²) in [4.78, 5) is 0. The summed E-state index contributed by atoms with van der Waals surface area (Å²) >= 11 is 0. The lowest BCUT2D eigenvalue weighted by Crippen LogP contribution is -1.94. The van der Waals surface area contributed by atoms with Gasteiger partial charge in [-0.1, -0.05) is 91.0 Å². The summed E-state index contributed by atoms with van der Waals surface area (Å²) < 4.78 is 2.39. The topological polar surface area (TPSA) is 28.8 Å². The van der Waals surface area contributed by atoms with Crippen LogP contribution in [0.4, 0.5) is 0 Å². The van der Waals surface area contributed by atoms with Gasteiger partial charge in [0.25, 0.3) is 0 Å². The SMILES string of the molecule is C/C=C(\C=N)c1ccc(-c2ccc3c(ccc4c5ccccc5n(-c5ccccc5)c34)c2)cc1. The van der Waals surface area contributed by atoms with E-state index in [1.54, 1.807) is 0 Å². The number of hydrogen-bond donors (Lipinski definition) is 1. The van der Waals surface area contributed by atoms with Crippen molar-refractivity contribution in [3.8, 4) is 16.8 Å². The number of hydrogen-bond acceptors (Lipinski definition) is 1. The van der Waals surface area contributed by atoms with Crippen molar-refractivity contribution in [2.75, 3.05) is 0 Å². The van der Waals surface area contributed by atoms with Crippen LogP contribution in [0.3, 0.4) is 0 Å². The predicted octanol–water partition coefficient (Wildman–Crippen LogP) is 8.66. The van der Waals surface area contributed by atoms with E-state index >= 15 is 0 Å². The van der Waals surface area contributed by atoms with Crippen LogP contribution in [0.5, 0.6) is 0 Å². The van der Waals surface area contributed by atoms with Crippen molar-refractivity contribution in [2.24, 2.45) is 0 Å². The van der Waals surface area contributed by atoms with Gasteiger partial charge in [0.05, 0.1) is 11.0 Å². The Balaban J connectivity index is 1.57. The molecule has 0 aliphatic heterocycles. The minimum absolute atomic E-state index is 0.932. The largest absolute Gasteiger partial charge is 0.309 e. The monoisotopic (exact) mass is 436 g/mol. The third kappa shape index (κ3) is 3.15. The first kappa shape index (κ1) is 20.2. The quantitative estimate of drug-likeness (QED) is 0.268. The van der Waals surface area contributed by atoms with E-state index in [1.165, 1.54) is 55.6 Å².